The molecule has 2 aromatic rings. The Hall–Kier alpha value is -1.93. The van der Waals surface area contributed by atoms with Crippen LogP contribution in [0, 0.1) is 5.92 Å². The highest BCUT2D eigenvalue weighted by molar-refractivity contribution is 7.90. The van der Waals surface area contributed by atoms with Gasteiger partial charge in [-0.15, -0.1) is 0 Å². The predicted molar refractivity (Wildman–Crippen MR) is 107 cm³/mol. The van der Waals surface area contributed by atoms with Crippen LogP contribution in [0.1, 0.15) is 30.0 Å². The first kappa shape index (κ1) is 19.4. The number of nitrogens with one attached hydrogen (secondary N) is 1. The van der Waals surface area contributed by atoms with Crippen molar-refractivity contribution in [1.29, 1.82) is 0 Å². The third-order valence-electron chi connectivity index (χ3n) is 5.30. The Kier molecular flexibility index (Phi) is 5.68. The molecule has 1 N–H and O–H groups in total. The first-order chi connectivity index (χ1) is 13.5. The maximum Gasteiger partial charge on any atom is 0.218 e. The fourth-order valence-electron chi connectivity index (χ4n) is 3.47. The molecule has 28 heavy (non-hydrogen) atoms. The van der Waals surface area contributed by atoms with E-state index in [0.29, 0.717) is 24.8 Å². The molecule has 0 aromatic heterocycles. The Balaban J connectivity index is 1.49. The van der Waals surface area contributed by atoms with Crippen LogP contribution in [0.5, 0.6) is 5.75 Å². The summed E-state index contributed by atoms with van der Waals surface area (Å²) in [5, 5.41) is 0.984. The van der Waals surface area contributed by atoms with Gasteiger partial charge in [-0.3, -0.25) is 4.84 Å². The molecule has 1 saturated carbocycles. The van der Waals surface area contributed by atoms with Crippen molar-refractivity contribution in [2.45, 2.75) is 30.7 Å². The summed E-state index contributed by atoms with van der Waals surface area (Å²) in [5.74, 6) is 1.20. The van der Waals surface area contributed by atoms with Gasteiger partial charge in [0.2, 0.25) is 10.0 Å². The first-order valence-corrected chi connectivity index (χ1v) is 11.2. The van der Waals surface area contributed by atoms with E-state index in [9.17, 15) is 8.42 Å². The zero-order valence-electron chi connectivity index (χ0n) is 16.0. The quantitative estimate of drug-likeness (QED) is 0.735. The smallest absolute Gasteiger partial charge is 0.218 e. The number of hydrogen-bond acceptors (Lipinski definition) is 5. The average molecular weight is 403 g/mol. The lowest BCUT2D eigenvalue weighted by molar-refractivity contribution is -0.110. The van der Waals surface area contributed by atoms with Crippen molar-refractivity contribution < 1.29 is 18.0 Å². The second-order valence-electron chi connectivity index (χ2n) is 7.51. The van der Waals surface area contributed by atoms with Gasteiger partial charge in [-0.2, -0.15) is 5.06 Å². The summed E-state index contributed by atoms with van der Waals surface area (Å²) in [5.41, 5.74) is 1.95. The highest BCUT2D eigenvalue weighted by Crippen LogP contribution is 2.35. The summed E-state index contributed by atoms with van der Waals surface area (Å²) in [6, 6.07) is 17.2. The zero-order chi connectivity index (χ0) is 19.6. The molecule has 0 bridgehead atoms. The first-order valence-electron chi connectivity index (χ1n) is 9.64. The molecule has 0 amide bonds. The molecule has 1 aliphatic carbocycles. The summed E-state index contributed by atoms with van der Waals surface area (Å²) >= 11 is 0. The van der Waals surface area contributed by atoms with E-state index in [2.05, 4.69) is 4.72 Å². The van der Waals surface area contributed by atoms with Crippen molar-refractivity contribution in [2.75, 3.05) is 20.2 Å². The van der Waals surface area contributed by atoms with E-state index < -0.39 is 15.3 Å². The number of benzene rings is 2. The Morgan fingerprint density at radius 1 is 1.14 bits per heavy atom. The minimum absolute atomic E-state index is 0.149. The second kappa shape index (κ2) is 8.21. The SMILES string of the molecule is CN1OCC(S(=O)(=O)NCC2CC2)C1c1cccc(OCc2ccccc2)c1. The lowest BCUT2D eigenvalue weighted by Gasteiger charge is -2.23. The molecule has 0 spiro atoms. The number of sulfonamides is 1. The van der Waals surface area contributed by atoms with E-state index in [4.69, 9.17) is 9.57 Å². The van der Waals surface area contributed by atoms with E-state index in [1.807, 2.05) is 54.6 Å². The van der Waals surface area contributed by atoms with Crippen LogP contribution in [-0.4, -0.2) is 38.9 Å². The van der Waals surface area contributed by atoms with Gasteiger partial charge >= 0.3 is 0 Å². The number of nitrogens with zero attached hydrogens (tertiary/aromatic N) is 1. The Morgan fingerprint density at radius 3 is 2.68 bits per heavy atom. The molecular weight excluding hydrogens is 376 g/mol. The van der Waals surface area contributed by atoms with Crippen LogP contribution in [0.4, 0.5) is 0 Å². The largest absolute Gasteiger partial charge is 0.489 e. The highest BCUT2D eigenvalue weighted by atomic mass is 32.2. The minimum Gasteiger partial charge on any atom is -0.489 e. The van der Waals surface area contributed by atoms with Gasteiger partial charge in [-0.05, 0) is 42.0 Å². The van der Waals surface area contributed by atoms with E-state index in [1.165, 1.54) is 0 Å². The summed E-state index contributed by atoms with van der Waals surface area (Å²) in [6.07, 6.45) is 2.21. The molecule has 2 atom stereocenters. The molecule has 150 valence electrons. The molecule has 2 aromatic carbocycles. The summed E-state index contributed by atoms with van der Waals surface area (Å²) in [7, 11) is -1.69. The molecule has 2 unspecified atom stereocenters. The fraction of sp³-hybridized carbons (Fsp3) is 0.429. The lowest BCUT2D eigenvalue weighted by Crippen LogP contribution is -2.40. The van der Waals surface area contributed by atoms with Gasteiger partial charge in [0.1, 0.15) is 17.6 Å². The highest BCUT2D eigenvalue weighted by Gasteiger charge is 2.43. The number of ether oxygens (including phenoxy) is 1. The van der Waals surface area contributed by atoms with Crippen LogP contribution in [0.15, 0.2) is 54.6 Å². The zero-order valence-corrected chi connectivity index (χ0v) is 16.8. The van der Waals surface area contributed by atoms with Gasteiger partial charge in [0.15, 0.2) is 0 Å². The van der Waals surface area contributed by atoms with Crippen LogP contribution in [-0.2, 0) is 21.5 Å². The van der Waals surface area contributed by atoms with Gasteiger partial charge in [-0.1, -0.05) is 42.5 Å². The van der Waals surface area contributed by atoms with E-state index in [0.717, 1.165) is 24.0 Å². The summed E-state index contributed by atoms with van der Waals surface area (Å²) in [6.45, 7) is 1.14. The number of hydrogen-bond donors (Lipinski definition) is 1. The van der Waals surface area contributed by atoms with Crippen LogP contribution >= 0.6 is 0 Å². The Bertz CT molecular complexity index is 900. The van der Waals surface area contributed by atoms with Crippen molar-refractivity contribution in [2.24, 2.45) is 5.92 Å². The van der Waals surface area contributed by atoms with Crippen LogP contribution < -0.4 is 9.46 Å². The van der Waals surface area contributed by atoms with E-state index in [-0.39, 0.29) is 12.6 Å². The van der Waals surface area contributed by atoms with Crippen molar-refractivity contribution in [1.82, 2.24) is 9.79 Å². The van der Waals surface area contributed by atoms with Crippen LogP contribution in [0.2, 0.25) is 0 Å². The molecule has 1 heterocycles. The van der Waals surface area contributed by atoms with Crippen molar-refractivity contribution in [3.63, 3.8) is 0 Å². The number of hydroxylamine groups is 2. The Morgan fingerprint density at radius 2 is 1.93 bits per heavy atom. The lowest BCUT2D eigenvalue weighted by atomic mass is 10.0. The van der Waals surface area contributed by atoms with Gasteiger partial charge in [0, 0.05) is 13.6 Å². The molecular formula is C21H26N2O4S. The molecule has 7 heteroatoms. The van der Waals surface area contributed by atoms with Crippen molar-refractivity contribution in [3.05, 3.63) is 65.7 Å². The fourth-order valence-corrected chi connectivity index (χ4v) is 5.06. The molecule has 1 saturated heterocycles. The monoisotopic (exact) mass is 402 g/mol. The molecule has 2 aliphatic rings. The summed E-state index contributed by atoms with van der Waals surface area (Å²) < 4.78 is 34.4. The second-order valence-corrected chi connectivity index (χ2v) is 9.49. The van der Waals surface area contributed by atoms with Crippen LogP contribution in [0.3, 0.4) is 0 Å². The van der Waals surface area contributed by atoms with Gasteiger partial charge < -0.3 is 4.74 Å². The van der Waals surface area contributed by atoms with Crippen molar-refractivity contribution in [3.8, 4) is 5.75 Å². The maximum atomic E-state index is 12.8. The van der Waals surface area contributed by atoms with Crippen LogP contribution in [0.25, 0.3) is 0 Å². The molecule has 2 fully saturated rings. The molecule has 0 radical (unpaired) electrons. The van der Waals surface area contributed by atoms with E-state index in [1.54, 1.807) is 12.1 Å². The van der Waals surface area contributed by atoms with Gasteiger partial charge in [-0.25, -0.2) is 13.1 Å². The van der Waals surface area contributed by atoms with Gasteiger partial charge in [0.05, 0.1) is 12.6 Å². The molecule has 4 rings (SSSR count). The standard InChI is InChI=1S/C21H26N2O4S/c1-23-21(20(15-27-23)28(24,25)22-13-16-10-11-16)18-8-5-9-19(12-18)26-14-17-6-3-2-4-7-17/h2-9,12,16,20-22H,10-11,13-15H2,1H3. The molecule has 6 nitrogen and oxygen atoms in total. The number of rotatable bonds is 8. The topological polar surface area (TPSA) is 67.9 Å². The van der Waals surface area contributed by atoms with Gasteiger partial charge in [0.25, 0.3) is 0 Å². The summed E-state index contributed by atoms with van der Waals surface area (Å²) in [4.78, 5) is 5.58. The normalized spacial score (nSPS) is 23.0. The maximum absolute atomic E-state index is 12.8. The van der Waals surface area contributed by atoms with E-state index >= 15 is 0 Å². The Labute approximate surface area is 166 Å². The van der Waals surface area contributed by atoms with Crippen molar-refractivity contribution >= 4 is 10.0 Å². The third-order valence-corrected chi connectivity index (χ3v) is 7.06. The minimum atomic E-state index is -3.47. The molecule has 1 aliphatic heterocycles. The predicted octanol–water partition coefficient (Wildman–Crippen LogP) is 2.88. The third kappa shape index (κ3) is 4.55. The average Bonchev–Trinajstić information content (AvgIpc) is 3.46.